The van der Waals surface area contributed by atoms with Crippen LogP contribution in [0.4, 0.5) is 5.82 Å². The summed E-state index contributed by atoms with van der Waals surface area (Å²) in [5.41, 5.74) is 1.31. The minimum Gasteiger partial charge on any atom is -0.452 e. The Morgan fingerprint density at radius 3 is 2.92 bits per heavy atom. The molecule has 0 aromatic carbocycles. The molecule has 0 unspecified atom stereocenters. The SMILES string of the molecule is Cc1cc(NC(=O)[C@@H](C)OC(=O)Cc2csc(-c3ccccn3)n2)no1. The van der Waals surface area contributed by atoms with Gasteiger partial charge in [0.25, 0.3) is 5.91 Å². The van der Waals surface area contributed by atoms with Crippen LogP contribution in [-0.2, 0) is 20.7 Å². The molecule has 3 aromatic rings. The topological polar surface area (TPSA) is 107 Å². The van der Waals surface area contributed by atoms with Gasteiger partial charge in [0.15, 0.2) is 11.9 Å². The maximum Gasteiger partial charge on any atom is 0.312 e. The van der Waals surface area contributed by atoms with E-state index < -0.39 is 18.0 Å². The molecule has 0 aliphatic heterocycles. The highest BCUT2D eigenvalue weighted by molar-refractivity contribution is 7.13. The van der Waals surface area contributed by atoms with E-state index >= 15 is 0 Å². The van der Waals surface area contributed by atoms with Gasteiger partial charge >= 0.3 is 5.97 Å². The maximum absolute atomic E-state index is 12.0. The van der Waals surface area contributed by atoms with Crippen molar-refractivity contribution in [1.82, 2.24) is 15.1 Å². The standard InChI is InChI=1S/C17H16N4O4S/c1-10-7-14(21-25-10)20-16(23)11(2)24-15(22)8-12-9-26-17(19-12)13-5-3-4-6-18-13/h3-7,9,11H,8H2,1-2H3,(H,20,21,23)/t11-/m1/s1. The van der Waals surface area contributed by atoms with Crippen LogP contribution < -0.4 is 5.32 Å². The zero-order valence-electron chi connectivity index (χ0n) is 14.1. The number of nitrogens with zero attached hydrogens (tertiary/aromatic N) is 3. The average molecular weight is 372 g/mol. The van der Waals surface area contributed by atoms with Crippen LogP contribution in [-0.4, -0.2) is 33.1 Å². The Balaban J connectivity index is 1.53. The number of aromatic nitrogens is 3. The van der Waals surface area contributed by atoms with E-state index in [9.17, 15) is 9.59 Å². The van der Waals surface area contributed by atoms with Crippen molar-refractivity contribution < 1.29 is 18.8 Å². The Labute approximate surface area is 153 Å². The number of carbonyl (C=O) groups is 2. The molecule has 0 saturated carbocycles. The summed E-state index contributed by atoms with van der Waals surface area (Å²) in [4.78, 5) is 32.6. The van der Waals surface area contributed by atoms with Crippen molar-refractivity contribution in [1.29, 1.82) is 0 Å². The minimum atomic E-state index is -0.964. The molecule has 0 radical (unpaired) electrons. The van der Waals surface area contributed by atoms with Crippen molar-refractivity contribution in [2.75, 3.05) is 5.32 Å². The summed E-state index contributed by atoms with van der Waals surface area (Å²) in [6, 6.07) is 7.11. The lowest BCUT2D eigenvalue weighted by molar-refractivity contribution is -0.152. The third-order valence-corrected chi connectivity index (χ3v) is 4.23. The second-order valence-corrected chi connectivity index (χ2v) is 6.34. The predicted molar refractivity (Wildman–Crippen MR) is 94.5 cm³/mol. The first-order chi connectivity index (χ1) is 12.5. The second-order valence-electron chi connectivity index (χ2n) is 5.48. The van der Waals surface area contributed by atoms with E-state index in [-0.39, 0.29) is 12.2 Å². The highest BCUT2D eigenvalue weighted by Gasteiger charge is 2.20. The van der Waals surface area contributed by atoms with E-state index in [2.05, 4.69) is 20.4 Å². The Kier molecular flexibility index (Phi) is 5.37. The smallest absolute Gasteiger partial charge is 0.312 e. The van der Waals surface area contributed by atoms with Crippen molar-refractivity contribution in [3.8, 4) is 10.7 Å². The number of nitrogens with one attached hydrogen (secondary N) is 1. The van der Waals surface area contributed by atoms with Crippen LogP contribution in [0, 0.1) is 6.92 Å². The highest BCUT2D eigenvalue weighted by atomic mass is 32.1. The third kappa shape index (κ3) is 4.51. The van der Waals surface area contributed by atoms with E-state index in [4.69, 9.17) is 9.26 Å². The molecule has 9 heteroatoms. The van der Waals surface area contributed by atoms with Gasteiger partial charge in [0.1, 0.15) is 10.8 Å². The largest absolute Gasteiger partial charge is 0.452 e. The summed E-state index contributed by atoms with van der Waals surface area (Å²) in [6.45, 7) is 3.19. The van der Waals surface area contributed by atoms with Gasteiger partial charge in [-0.1, -0.05) is 11.2 Å². The van der Waals surface area contributed by atoms with Gasteiger partial charge < -0.3 is 14.6 Å². The van der Waals surface area contributed by atoms with Gasteiger partial charge in [-0.05, 0) is 26.0 Å². The molecule has 134 valence electrons. The van der Waals surface area contributed by atoms with Crippen LogP contribution in [0.1, 0.15) is 18.4 Å². The van der Waals surface area contributed by atoms with Crippen molar-refractivity contribution >= 4 is 29.0 Å². The van der Waals surface area contributed by atoms with Crippen molar-refractivity contribution in [2.45, 2.75) is 26.4 Å². The quantitative estimate of drug-likeness (QED) is 0.663. The van der Waals surface area contributed by atoms with E-state index in [0.29, 0.717) is 11.5 Å². The number of aryl methyl sites for hydroxylation is 1. The predicted octanol–water partition coefficient (Wildman–Crippen LogP) is 2.61. The molecule has 1 atom stereocenters. The normalized spacial score (nSPS) is 11.8. The fourth-order valence-electron chi connectivity index (χ4n) is 2.09. The van der Waals surface area contributed by atoms with Gasteiger partial charge in [0.2, 0.25) is 0 Å². The molecular formula is C17H16N4O4S. The lowest BCUT2D eigenvalue weighted by Gasteiger charge is -2.11. The number of amides is 1. The van der Waals surface area contributed by atoms with Crippen LogP contribution in [0.25, 0.3) is 10.7 Å². The molecule has 0 saturated heterocycles. The van der Waals surface area contributed by atoms with E-state index in [1.165, 1.54) is 18.3 Å². The van der Waals surface area contributed by atoms with Gasteiger partial charge in [-0.3, -0.25) is 14.6 Å². The monoisotopic (exact) mass is 372 g/mol. The van der Waals surface area contributed by atoms with Gasteiger partial charge in [0, 0.05) is 17.6 Å². The molecule has 0 aliphatic rings. The van der Waals surface area contributed by atoms with Crippen LogP contribution in [0.5, 0.6) is 0 Å². The maximum atomic E-state index is 12.0. The Bertz CT molecular complexity index is 906. The summed E-state index contributed by atoms with van der Waals surface area (Å²) in [5.74, 6) is -0.187. The van der Waals surface area contributed by atoms with Crippen LogP contribution >= 0.6 is 11.3 Å². The molecular weight excluding hydrogens is 356 g/mol. The lowest BCUT2D eigenvalue weighted by atomic mass is 10.3. The van der Waals surface area contributed by atoms with E-state index in [0.717, 1.165) is 10.7 Å². The molecule has 3 heterocycles. The van der Waals surface area contributed by atoms with Gasteiger partial charge in [0.05, 0.1) is 17.8 Å². The number of anilines is 1. The van der Waals surface area contributed by atoms with Crippen LogP contribution in [0.3, 0.4) is 0 Å². The van der Waals surface area contributed by atoms with E-state index in [1.807, 2.05) is 18.2 Å². The van der Waals surface area contributed by atoms with Gasteiger partial charge in [-0.15, -0.1) is 11.3 Å². The molecule has 26 heavy (non-hydrogen) atoms. The summed E-state index contributed by atoms with van der Waals surface area (Å²) in [5, 5.41) is 8.66. The molecule has 0 spiro atoms. The van der Waals surface area contributed by atoms with Gasteiger partial charge in [-0.25, -0.2) is 4.98 Å². The zero-order valence-corrected chi connectivity index (χ0v) is 14.9. The zero-order chi connectivity index (χ0) is 18.5. The van der Waals surface area contributed by atoms with Gasteiger partial charge in [-0.2, -0.15) is 0 Å². The van der Waals surface area contributed by atoms with Crippen molar-refractivity contribution in [2.24, 2.45) is 0 Å². The Morgan fingerprint density at radius 1 is 1.38 bits per heavy atom. The fraction of sp³-hybridized carbons (Fsp3) is 0.235. The number of thiazole rings is 1. The average Bonchev–Trinajstić information content (AvgIpc) is 3.24. The number of ether oxygens (including phenoxy) is 1. The molecule has 8 nitrogen and oxygen atoms in total. The molecule has 0 fully saturated rings. The first-order valence-corrected chi connectivity index (χ1v) is 8.68. The first-order valence-electron chi connectivity index (χ1n) is 7.81. The number of esters is 1. The molecule has 0 bridgehead atoms. The van der Waals surface area contributed by atoms with Crippen molar-refractivity contribution in [3.63, 3.8) is 0 Å². The Morgan fingerprint density at radius 2 is 2.23 bits per heavy atom. The molecule has 1 amide bonds. The van der Waals surface area contributed by atoms with Crippen molar-refractivity contribution in [3.05, 3.63) is 47.3 Å². The van der Waals surface area contributed by atoms with Crippen LogP contribution in [0.15, 0.2) is 40.4 Å². The number of hydrogen-bond acceptors (Lipinski definition) is 8. The summed E-state index contributed by atoms with van der Waals surface area (Å²) in [7, 11) is 0. The first kappa shape index (κ1) is 17.7. The highest BCUT2D eigenvalue weighted by Crippen LogP contribution is 2.21. The molecule has 3 rings (SSSR count). The second kappa shape index (κ2) is 7.87. The number of pyridine rings is 1. The molecule has 0 aliphatic carbocycles. The minimum absolute atomic E-state index is 0.0238. The summed E-state index contributed by atoms with van der Waals surface area (Å²) in [6.07, 6.45) is 0.694. The number of rotatable bonds is 6. The summed E-state index contributed by atoms with van der Waals surface area (Å²) < 4.78 is 10.0. The fourth-order valence-corrected chi connectivity index (χ4v) is 2.88. The van der Waals surface area contributed by atoms with Crippen LogP contribution in [0.2, 0.25) is 0 Å². The Hall–Kier alpha value is -3.07. The number of hydrogen-bond donors (Lipinski definition) is 1. The summed E-state index contributed by atoms with van der Waals surface area (Å²) >= 11 is 1.39. The number of carbonyl (C=O) groups excluding carboxylic acids is 2. The molecule has 1 N–H and O–H groups in total. The lowest BCUT2D eigenvalue weighted by Crippen LogP contribution is -2.30. The van der Waals surface area contributed by atoms with E-state index in [1.54, 1.807) is 24.6 Å². The molecule has 3 aromatic heterocycles. The third-order valence-electron chi connectivity index (χ3n) is 3.32.